The highest BCUT2D eigenvalue weighted by Gasteiger charge is 2.65. The first-order valence-electron chi connectivity index (χ1n) is 10.6. The average molecular weight is 363 g/mol. The second-order valence-corrected chi connectivity index (χ2v) is 10.4. The molecule has 146 valence electrons. The van der Waals surface area contributed by atoms with Gasteiger partial charge in [0.05, 0.1) is 12.0 Å². The zero-order chi connectivity index (χ0) is 18.7. The van der Waals surface area contributed by atoms with Crippen LogP contribution in [0.2, 0.25) is 0 Å². The van der Waals surface area contributed by atoms with E-state index in [2.05, 4.69) is 6.92 Å². The number of carbonyl (C=O) groups is 2. The molecule has 0 heterocycles. The van der Waals surface area contributed by atoms with Gasteiger partial charge in [0.25, 0.3) is 0 Å². The zero-order valence-electron chi connectivity index (χ0n) is 16.6. The number of rotatable bonds is 3. The summed E-state index contributed by atoms with van der Waals surface area (Å²) >= 11 is 0. The molecule has 4 saturated carbocycles. The maximum atomic E-state index is 12.1. The lowest BCUT2D eigenvalue weighted by atomic mass is 9.41. The van der Waals surface area contributed by atoms with E-state index in [-0.39, 0.29) is 11.4 Å². The van der Waals surface area contributed by atoms with Gasteiger partial charge in [-0.25, -0.2) is 0 Å². The predicted molar refractivity (Wildman–Crippen MR) is 98.4 cm³/mol. The standard InChI is InChI=1S/C22H34O4/c1-14(23)26-13-16-12-22-10-7-17-20(2,18(22)6-5-15(16)11-22)8-4-9-21(17,3)19(24)25/h15-18H,4-13H2,1-3H3,(H,24,25)/t15-,16-,17-,18-,20+,21+,22-/m0/s1. The summed E-state index contributed by atoms with van der Waals surface area (Å²) in [5.74, 6) is 1.41. The van der Waals surface area contributed by atoms with Gasteiger partial charge in [-0.2, -0.15) is 0 Å². The maximum absolute atomic E-state index is 12.1. The minimum absolute atomic E-state index is 0.158. The fraction of sp³-hybridized carbons (Fsp3) is 0.909. The molecule has 0 amide bonds. The first-order valence-corrected chi connectivity index (χ1v) is 10.6. The molecule has 4 aliphatic rings. The van der Waals surface area contributed by atoms with Crippen LogP contribution in [0.3, 0.4) is 0 Å². The summed E-state index contributed by atoms with van der Waals surface area (Å²) < 4.78 is 5.39. The molecule has 1 spiro atoms. The second kappa shape index (κ2) is 5.97. The average Bonchev–Trinajstić information content (AvgIpc) is 2.82. The molecule has 4 aliphatic carbocycles. The van der Waals surface area contributed by atoms with Crippen LogP contribution >= 0.6 is 0 Å². The third-order valence-electron chi connectivity index (χ3n) is 9.26. The fourth-order valence-corrected chi connectivity index (χ4v) is 8.26. The Balaban J connectivity index is 1.61. The molecule has 0 radical (unpaired) electrons. The van der Waals surface area contributed by atoms with Gasteiger partial charge in [0.15, 0.2) is 0 Å². The van der Waals surface area contributed by atoms with E-state index in [1.807, 2.05) is 6.92 Å². The summed E-state index contributed by atoms with van der Waals surface area (Å²) in [6, 6.07) is 0. The Morgan fingerprint density at radius 3 is 2.50 bits per heavy atom. The number of carboxylic acid groups (broad SMARTS) is 1. The van der Waals surface area contributed by atoms with Crippen molar-refractivity contribution in [1.82, 2.24) is 0 Å². The molecule has 0 aliphatic heterocycles. The zero-order valence-corrected chi connectivity index (χ0v) is 16.6. The van der Waals surface area contributed by atoms with Gasteiger partial charge in [0, 0.05) is 6.92 Å². The molecule has 7 atom stereocenters. The molecule has 1 N–H and O–H groups in total. The molecular formula is C22H34O4. The Labute approximate surface area is 157 Å². The summed E-state index contributed by atoms with van der Waals surface area (Å²) in [4.78, 5) is 23.4. The Morgan fingerprint density at radius 2 is 1.81 bits per heavy atom. The maximum Gasteiger partial charge on any atom is 0.309 e. The van der Waals surface area contributed by atoms with E-state index in [0.29, 0.717) is 35.7 Å². The third-order valence-corrected chi connectivity index (χ3v) is 9.26. The van der Waals surface area contributed by atoms with Crippen molar-refractivity contribution >= 4 is 11.9 Å². The van der Waals surface area contributed by atoms with E-state index in [1.165, 1.54) is 45.4 Å². The third kappa shape index (κ3) is 2.46. The first-order chi connectivity index (χ1) is 12.2. The van der Waals surface area contributed by atoms with Gasteiger partial charge in [-0.15, -0.1) is 0 Å². The topological polar surface area (TPSA) is 63.6 Å². The van der Waals surface area contributed by atoms with Crippen molar-refractivity contribution in [3.05, 3.63) is 0 Å². The van der Waals surface area contributed by atoms with Crippen molar-refractivity contribution in [2.24, 2.45) is 39.9 Å². The number of carbonyl (C=O) groups excluding carboxylic acids is 1. The van der Waals surface area contributed by atoms with Gasteiger partial charge in [0.2, 0.25) is 0 Å². The smallest absolute Gasteiger partial charge is 0.309 e. The fourth-order valence-electron chi connectivity index (χ4n) is 8.26. The molecule has 0 aromatic carbocycles. The molecule has 4 nitrogen and oxygen atoms in total. The monoisotopic (exact) mass is 362 g/mol. The molecule has 0 saturated heterocycles. The van der Waals surface area contributed by atoms with Crippen molar-refractivity contribution in [3.63, 3.8) is 0 Å². The first kappa shape index (κ1) is 18.3. The highest BCUT2D eigenvalue weighted by atomic mass is 16.5. The van der Waals surface area contributed by atoms with Crippen LogP contribution in [0.25, 0.3) is 0 Å². The van der Waals surface area contributed by atoms with Crippen LogP contribution in [0.15, 0.2) is 0 Å². The molecular weight excluding hydrogens is 328 g/mol. The summed E-state index contributed by atoms with van der Waals surface area (Å²) in [5.41, 5.74) is -0.0259. The van der Waals surface area contributed by atoms with Crippen LogP contribution in [0.4, 0.5) is 0 Å². The Morgan fingerprint density at radius 1 is 1.04 bits per heavy atom. The van der Waals surface area contributed by atoms with Crippen LogP contribution in [-0.2, 0) is 14.3 Å². The number of aliphatic carboxylic acids is 1. The van der Waals surface area contributed by atoms with Gasteiger partial charge in [-0.1, -0.05) is 13.3 Å². The molecule has 0 aromatic heterocycles. The minimum atomic E-state index is -0.586. The van der Waals surface area contributed by atoms with Crippen molar-refractivity contribution in [2.45, 2.75) is 78.6 Å². The SMILES string of the molecule is CC(=O)OC[C@@H]1C[C@@]23CC[C@H]4[C@@](C)(CCC[C@@]4(C)C(=O)O)[C@@H]2CC[C@H]1C3. The van der Waals surface area contributed by atoms with Crippen LogP contribution in [-0.4, -0.2) is 23.7 Å². The lowest BCUT2D eigenvalue weighted by Crippen LogP contribution is -2.58. The van der Waals surface area contributed by atoms with Gasteiger partial charge >= 0.3 is 11.9 Å². The van der Waals surface area contributed by atoms with E-state index in [4.69, 9.17) is 4.74 Å². The van der Waals surface area contributed by atoms with Crippen LogP contribution in [0.1, 0.15) is 78.6 Å². The molecule has 4 rings (SSSR count). The Bertz CT molecular complexity index is 615. The van der Waals surface area contributed by atoms with E-state index < -0.39 is 11.4 Å². The highest BCUT2D eigenvalue weighted by molar-refractivity contribution is 5.75. The quantitative estimate of drug-likeness (QED) is 0.742. The molecule has 2 bridgehead atoms. The van der Waals surface area contributed by atoms with Crippen molar-refractivity contribution in [2.75, 3.05) is 6.61 Å². The number of hydrogen-bond acceptors (Lipinski definition) is 3. The van der Waals surface area contributed by atoms with E-state index in [1.54, 1.807) is 0 Å². The predicted octanol–water partition coefficient (Wildman–Crippen LogP) is 4.66. The van der Waals surface area contributed by atoms with E-state index >= 15 is 0 Å². The summed E-state index contributed by atoms with van der Waals surface area (Å²) in [6.45, 7) is 6.52. The number of ether oxygens (including phenoxy) is 1. The molecule has 0 aromatic rings. The summed E-state index contributed by atoms with van der Waals surface area (Å²) in [6.07, 6.45) is 10.2. The molecule has 26 heavy (non-hydrogen) atoms. The number of hydrogen-bond donors (Lipinski definition) is 1. The Hall–Kier alpha value is -1.06. The second-order valence-electron chi connectivity index (χ2n) is 10.4. The van der Waals surface area contributed by atoms with Crippen molar-refractivity contribution in [3.8, 4) is 0 Å². The van der Waals surface area contributed by atoms with Gasteiger partial charge < -0.3 is 9.84 Å². The molecule has 4 fully saturated rings. The van der Waals surface area contributed by atoms with E-state index in [9.17, 15) is 14.7 Å². The lowest BCUT2D eigenvalue weighted by molar-refractivity contribution is -0.181. The van der Waals surface area contributed by atoms with Crippen molar-refractivity contribution in [1.29, 1.82) is 0 Å². The summed E-state index contributed by atoms with van der Waals surface area (Å²) in [7, 11) is 0. The van der Waals surface area contributed by atoms with E-state index in [0.717, 1.165) is 19.3 Å². The summed E-state index contributed by atoms with van der Waals surface area (Å²) in [5, 5.41) is 9.99. The normalized spacial score (nSPS) is 49.8. The van der Waals surface area contributed by atoms with Crippen LogP contribution in [0, 0.1) is 39.9 Å². The van der Waals surface area contributed by atoms with Gasteiger partial charge in [-0.3, -0.25) is 9.59 Å². The van der Waals surface area contributed by atoms with Crippen LogP contribution < -0.4 is 0 Å². The van der Waals surface area contributed by atoms with Crippen LogP contribution in [0.5, 0.6) is 0 Å². The number of esters is 1. The largest absolute Gasteiger partial charge is 0.481 e. The minimum Gasteiger partial charge on any atom is -0.481 e. The highest BCUT2D eigenvalue weighted by Crippen LogP contribution is 2.72. The van der Waals surface area contributed by atoms with Gasteiger partial charge in [-0.05, 0) is 92.8 Å². The number of fused-ring (bicyclic) bond motifs is 3. The molecule has 4 heteroatoms. The Kier molecular flexibility index (Phi) is 4.20. The lowest BCUT2D eigenvalue weighted by Gasteiger charge is -2.63. The van der Waals surface area contributed by atoms with Gasteiger partial charge in [0.1, 0.15) is 0 Å². The number of carboxylic acids is 1. The van der Waals surface area contributed by atoms with Crippen molar-refractivity contribution < 1.29 is 19.4 Å². The molecule has 0 unspecified atom stereocenters.